The van der Waals surface area contributed by atoms with E-state index >= 15 is 0 Å². The minimum Gasteiger partial charge on any atom is -0.480 e. The van der Waals surface area contributed by atoms with Crippen molar-refractivity contribution >= 4 is 41.4 Å². The average Bonchev–Trinajstić information content (AvgIpc) is 3.42. The second kappa shape index (κ2) is 19.1. The number of carboxylic acid groups (broad SMARTS) is 1. The number of carbonyl (C=O) groups is 7. The van der Waals surface area contributed by atoms with Crippen LogP contribution in [0.15, 0.2) is 48.1 Å². The first-order valence-corrected chi connectivity index (χ1v) is 17.8. The van der Waals surface area contributed by atoms with Gasteiger partial charge in [-0.2, -0.15) is 5.26 Å². The Balaban J connectivity index is 2.17. The Morgan fingerprint density at radius 1 is 1.00 bits per heavy atom. The van der Waals surface area contributed by atoms with Crippen LogP contribution in [-0.4, -0.2) is 108 Å². The van der Waals surface area contributed by atoms with E-state index in [9.17, 15) is 43.9 Å². The van der Waals surface area contributed by atoms with E-state index in [2.05, 4.69) is 27.3 Å². The molecule has 1 heterocycles. The van der Waals surface area contributed by atoms with Gasteiger partial charge in [0.15, 0.2) is 0 Å². The van der Waals surface area contributed by atoms with E-state index in [1.165, 1.54) is 11.8 Å². The highest BCUT2D eigenvalue weighted by Crippen LogP contribution is 2.30. The number of amides is 6. The summed E-state index contributed by atoms with van der Waals surface area (Å²) in [6.45, 7) is 14.4. The maximum Gasteiger partial charge on any atom is 0.326 e. The van der Waals surface area contributed by atoms with Crippen molar-refractivity contribution in [3.05, 3.63) is 59.2 Å². The first kappa shape index (κ1) is 44.8. The normalized spacial score (nSPS) is 15.6. The molecule has 4 atom stereocenters. The molecule has 1 aliphatic rings. The van der Waals surface area contributed by atoms with Gasteiger partial charge in [-0.15, -0.1) is 0 Å². The highest BCUT2D eigenvalue weighted by molar-refractivity contribution is 6.12. The van der Waals surface area contributed by atoms with Gasteiger partial charge in [-0.05, 0) is 49.4 Å². The summed E-state index contributed by atoms with van der Waals surface area (Å²) < 4.78 is 0. The average molecular weight is 750 g/mol. The molecule has 0 saturated carbocycles. The number of aliphatic carboxylic acids is 1. The topological polar surface area (TPSA) is 218 Å². The van der Waals surface area contributed by atoms with Gasteiger partial charge < -0.3 is 31.3 Å². The molecule has 1 aromatic rings. The van der Waals surface area contributed by atoms with Crippen LogP contribution in [0.25, 0.3) is 0 Å². The highest BCUT2D eigenvalue weighted by Gasteiger charge is 2.42. The van der Waals surface area contributed by atoms with E-state index in [4.69, 9.17) is 0 Å². The monoisotopic (exact) mass is 749 g/mol. The third kappa shape index (κ3) is 11.8. The fourth-order valence-electron chi connectivity index (χ4n) is 6.14. The Kier molecular flexibility index (Phi) is 15.9. The van der Waals surface area contributed by atoms with Crippen molar-refractivity contribution in [3.8, 4) is 6.07 Å². The lowest BCUT2D eigenvalue weighted by atomic mass is 9.76. The number of nitrogens with one attached hydrogen (secondary N) is 4. The molecule has 2 rings (SSSR count). The molecular weight excluding hydrogens is 694 g/mol. The fraction of sp³-hybridized carbons (Fsp3) is 0.538. The zero-order chi connectivity index (χ0) is 41.1. The van der Waals surface area contributed by atoms with Crippen LogP contribution in [0.5, 0.6) is 0 Å². The molecule has 0 radical (unpaired) electrons. The number of nitrogens with zero attached hydrogens (tertiary/aromatic N) is 3. The van der Waals surface area contributed by atoms with Gasteiger partial charge in [-0.3, -0.25) is 33.7 Å². The van der Waals surface area contributed by atoms with Crippen molar-refractivity contribution in [2.45, 2.75) is 97.8 Å². The summed E-state index contributed by atoms with van der Waals surface area (Å²) in [5.41, 5.74) is -0.139. The summed E-state index contributed by atoms with van der Waals surface area (Å²) in [4.78, 5) is 91.5. The maximum absolute atomic E-state index is 14.2. The van der Waals surface area contributed by atoms with Gasteiger partial charge in [0.25, 0.3) is 11.8 Å². The first-order valence-electron chi connectivity index (χ1n) is 17.8. The lowest BCUT2D eigenvalue weighted by Gasteiger charge is -2.40. The van der Waals surface area contributed by atoms with Crippen LogP contribution >= 0.6 is 0 Å². The smallest absolute Gasteiger partial charge is 0.326 e. The summed E-state index contributed by atoms with van der Waals surface area (Å²) >= 11 is 0. The minimum absolute atomic E-state index is 0.0155. The second-order valence-corrected chi connectivity index (χ2v) is 15.4. The maximum atomic E-state index is 14.2. The number of rotatable bonds is 18. The standard InChI is InChI=1S/C39H55N7O8/c1-23(2)28(20-24(3)34(50)43-27(37(53)54)14-15-29(47)42-18-19-46-30(48)16-17-31(46)49)45(10)36(52)33(38(4,5)6)44-35(51)32(41-9)39(7,8)26-13-11-12-25(21-26)22-40/h11-13,16-17,20-21,23,27-28,32-33,41H,14-15,18-19H2,1-10H3,(H,42,47)(H,43,50)(H,44,51)(H,53,54)/b24-20+/t27-,28-,32-,33-/m1/s1. The number of hydrogen-bond donors (Lipinski definition) is 5. The molecule has 0 spiro atoms. The molecule has 0 bridgehead atoms. The van der Waals surface area contributed by atoms with Gasteiger partial charge in [0.2, 0.25) is 23.6 Å². The molecule has 0 aromatic heterocycles. The Labute approximate surface area is 317 Å². The van der Waals surface area contributed by atoms with Crippen LogP contribution < -0.4 is 21.3 Å². The van der Waals surface area contributed by atoms with Crippen LogP contribution in [-0.2, 0) is 39.0 Å². The summed E-state index contributed by atoms with van der Waals surface area (Å²) in [7, 11) is 3.23. The van der Waals surface area contributed by atoms with Crippen LogP contribution in [0.2, 0.25) is 0 Å². The number of hydrogen-bond acceptors (Lipinski definition) is 9. The van der Waals surface area contributed by atoms with Gasteiger partial charge in [-0.25, -0.2) is 4.79 Å². The number of carboxylic acids is 1. The van der Waals surface area contributed by atoms with E-state index in [-0.39, 0.29) is 37.4 Å². The van der Waals surface area contributed by atoms with Crippen molar-refractivity contribution in [1.82, 2.24) is 31.1 Å². The largest absolute Gasteiger partial charge is 0.480 e. The van der Waals surface area contributed by atoms with Gasteiger partial charge in [0.05, 0.1) is 23.7 Å². The van der Waals surface area contributed by atoms with Gasteiger partial charge in [0, 0.05) is 49.7 Å². The summed E-state index contributed by atoms with van der Waals surface area (Å²) in [6, 6.07) is 5.35. The second-order valence-electron chi connectivity index (χ2n) is 15.4. The molecule has 6 amide bonds. The van der Waals surface area contributed by atoms with Crippen molar-refractivity contribution < 1.29 is 38.7 Å². The Morgan fingerprint density at radius 2 is 1.61 bits per heavy atom. The molecule has 0 unspecified atom stereocenters. The van der Waals surface area contributed by atoms with Crippen molar-refractivity contribution in [3.63, 3.8) is 0 Å². The molecule has 54 heavy (non-hydrogen) atoms. The van der Waals surface area contributed by atoms with E-state index in [1.54, 1.807) is 38.4 Å². The number of benzene rings is 1. The molecule has 15 heteroatoms. The number of imide groups is 1. The third-order valence-corrected chi connectivity index (χ3v) is 9.49. The van der Waals surface area contributed by atoms with Gasteiger partial charge in [-0.1, -0.05) is 66.7 Å². The van der Waals surface area contributed by atoms with Crippen molar-refractivity contribution in [2.75, 3.05) is 27.2 Å². The van der Waals surface area contributed by atoms with E-state index in [1.807, 2.05) is 54.5 Å². The van der Waals surface area contributed by atoms with Crippen LogP contribution in [0, 0.1) is 22.7 Å². The third-order valence-electron chi connectivity index (χ3n) is 9.49. The molecule has 5 N–H and O–H groups in total. The molecule has 1 aromatic carbocycles. The van der Waals surface area contributed by atoms with E-state index < -0.39 is 76.4 Å². The summed E-state index contributed by atoms with van der Waals surface area (Å²) in [6.07, 6.45) is 3.36. The SMILES string of the molecule is CN[C@H](C(=O)N[C@H](C(=O)N(C)[C@H](/C=C(\C)C(=O)N[C@H](CCC(=O)NCCN1C(=O)C=CC1=O)C(=O)O)C(C)C)C(C)(C)C)C(C)(C)c1cccc(C#N)c1. The first-order chi connectivity index (χ1) is 25.1. The predicted molar refractivity (Wildman–Crippen MR) is 201 cm³/mol. The Hall–Kier alpha value is -5.36. The molecule has 1 aliphatic heterocycles. The van der Waals surface area contributed by atoms with Gasteiger partial charge >= 0.3 is 5.97 Å². The van der Waals surface area contributed by atoms with Crippen LogP contribution in [0.3, 0.4) is 0 Å². The predicted octanol–water partition coefficient (Wildman–Crippen LogP) is 1.77. The van der Waals surface area contributed by atoms with Crippen LogP contribution in [0.4, 0.5) is 0 Å². The van der Waals surface area contributed by atoms with Crippen molar-refractivity contribution in [1.29, 1.82) is 5.26 Å². The summed E-state index contributed by atoms with van der Waals surface area (Å²) in [5, 5.41) is 30.2. The molecular formula is C39H55N7O8. The molecule has 0 aliphatic carbocycles. The highest BCUT2D eigenvalue weighted by atomic mass is 16.4. The Bertz CT molecular complexity index is 1680. The van der Waals surface area contributed by atoms with E-state index in [0.717, 1.165) is 22.6 Å². The quantitative estimate of drug-likeness (QED) is 0.108. The number of likely N-dealkylation sites (N-methyl/N-ethyl adjacent to an activating group) is 2. The number of carbonyl (C=O) groups excluding carboxylic acids is 6. The lowest BCUT2D eigenvalue weighted by Crippen LogP contribution is -2.61. The molecule has 0 saturated heterocycles. The zero-order valence-electron chi connectivity index (χ0n) is 32.9. The lowest BCUT2D eigenvalue weighted by molar-refractivity contribution is -0.142. The van der Waals surface area contributed by atoms with E-state index in [0.29, 0.717) is 5.56 Å². The Morgan fingerprint density at radius 3 is 2.13 bits per heavy atom. The zero-order valence-corrected chi connectivity index (χ0v) is 32.9. The molecule has 294 valence electrons. The van der Waals surface area contributed by atoms with Gasteiger partial charge in [0.1, 0.15) is 12.1 Å². The number of nitriles is 1. The molecule has 15 nitrogen and oxygen atoms in total. The minimum atomic E-state index is -1.40. The fourth-order valence-corrected chi connectivity index (χ4v) is 6.14. The summed E-state index contributed by atoms with van der Waals surface area (Å²) in [5.74, 6) is -4.55. The van der Waals surface area contributed by atoms with Crippen LogP contribution in [0.1, 0.15) is 79.4 Å². The van der Waals surface area contributed by atoms with Crippen molar-refractivity contribution in [2.24, 2.45) is 11.3 Å². The molecule has 0 fully saturated rings.